The summed E-state index contributed by atoms with van der Waals surface area (Å²) in [7, 11) is 3.34. The largest absolute Gasteiger partial charge is 0.493 e. The summed E-state index contributed by atoms with van der Waals surface area (Å²) in [6.07, 6.45) is 5.16. The Morgan fingerprint density at radius 3 is 2.28 bits per heavy atom. The zero-order valence-corrected chi connectivity index (χ0v) is 26.7. The maximum Gasteiger partial charge on any atom is 0.175 e. The monoisotopic (exact) mass is 643 g/mol. The van der Waals surface area contributed by atoms with Gasteiger partial charge in [0.1, 0.15) is 6.61 Å². The highest BCUT2D eigenvalue weighted by Gasteiger charge is 2.43. The highest BCUT2D eigenvalue weighted by atomic mass is 79.9. The predicted octanol–water partition coefficient (Wildman–Crippen LogP) is 7.95. The van der Waals surface area contributed by atoms with Crippen LogP contribution in [-0.4, -0.2) is 43.8 Å². The number of methoxy groups -OCH3 is 2. The van der Waals surface area contributed by atoms with Crippen molar-refractivity contribution in [3.8, 4) is 11.5 Å². The molecule has 0 bridgehead atoms. The molecule has 43 heavy (non-hydrogen) atoms. The maximum atomic E-state index is 13.7. The van der Waals surface area contributed by atoms with Crippen LogP contribution in [0.25, 0.3) is 10.8 Å². The lowest BCUT2D eigenvalue weighted by molar-refractivity contribution is -0.117. The van der Waals surface area contributed by atoms with Gasteiger partial charge in [-0.25, -0.2) is 0 Å². The highest BCUT2D eigenvalue weighted by molar-refractivity contribution is 9.10. The summed E-state index contributed by atoms with van der Waals surface area (Å²) in [4.78, 5) is 29.6. The van der Waals surface area contributed by atoms with Crippen molar-refractivity contribution in [1.82, 2.24) is 4.90 Å². The van der Waals surface area contributed by atoms with Gasteiger partial charge >= 0.3 is 0 Å². The smallest absolute Gasteiger partial charge is 0.175 e. The minimum atomic E-state index is -0.413. The van der Waals surface area contributed by atoms with Gasteiger partial charge in [-0.1, -0.05) is 36.4 Å². The molecule has 0 unspecified atom stereocenters. The molecule has 0 fully saturated rings. The van der Waals surface area contributed by atoms with E-state index in [9.17, 15) is 9.59 Å². The van der Waals surface area contributed by atoms with Crippen molar-refractivity contribution in [2.45, 2.75) is 64.4 Å². The highest BCUT2D eigenvalue weighted by Crippen LogP contribution is 2.51. The average molecular weight is 645 g/mol. The van der Waals surface area contributed by atoms with Gasteiger partial charge in [0.2, 0.25) is 0 Å². The number of nitrogens with zero attached hydrogens (tertiary/aromatic N) is 1. The number of ketones is 2. The molecule has 3 aromatic rings. The van der Waals surface area contributed by atoms with Crippen molar-refractivity contribution >= 4 is 38.3 Å². The molecule has 3 aromatic carbocycles. The molecule has 0 radical (unpaired) electrons. The standard InChI is InChI=1S/C36H38BrNO5/c1-22-15-16-23-9-4-5-10-25(23)26(22)21-43-36-27(37)19-24(20-32(36)42-3)33-34-28(11-6-13-30(34)39)38(17-8-18-41-2)29-12-7-14-31(40)35(29)33/h4-5,9-10,15-16,19-20,33H,6-8,11-14,17-18,21H2,1-3H3. The minimum Gasteiger partial charge on any atom is -0.493 e. The molecule has 6 nitrogen and oxygen atoms in total. The first-order valence-corrected chi connectivity index (χ1v) is 16.0. The van der Waals surface area contributed by atoms with Crippen LogP contribution in [0.1, 0.15) is 67.6 Å². The quantitative estimate of drug-likeness (QED) is 0.221. The summed E-state index contributed by atoms with van der Waals surface area (Å²) < 4.78 is 18.4. The fourth-order valence-electron chi connectivity index (χ4n) is 7.01. The number of ether oxygens (including phenoxy) is 3. The van der Waals surface area contributed by atoms with Crippen molar-refractivity contribution in [2.75, 3.05) is 27.4 Å². The van der Waals surface area contributed by atoms with E-state index < -0.39 is 5.92 Å². The first-order chi connectivity index (χ1) is 20.9. The van der Waals surface area contributed by atoms with Gasteiger partial charge in [-0.3, -0.25) is 9.59 Å². The number of aryl methyl sites for hydroxylation is 1. The van der Waals surface area contributed by atoms with Crippen LogP contribution in [0.3, 0.4) is 0 Å². The SMILES string of the molecule is COCCCN1C2=C(C(=O)CCC2)C(c2cc(Br)c(OCc3c(C)ccc4ccccc34)c(OC)c2)C2=C1CCCC2=O. The van der Waals surface area contributed by atoms with Gasteiger partial charge in [0.05, 0.1) is 11.6 Å². The van der Waals surface area contributed by atoms with Crippen molar-refractivity contribution in [1.29, 1.82) is 0 Å². The van der Waals surface area contributed by atoms with Gasteiger partial charge in [0, 0.05) is 67.1 Å². The maximum absolute atomic E-state index is 13.7. The molecular formula is C36H38BrNO5. The zero-order chi connectivity index (χ0) is 30.1. The number of allylic oxidation sites excluding steroid dienone is 4. The molecule has 0 amide bonds. The number of rotatable bonds is 9. The molecule has 0 saturated heterocycles. The van der Waals surface area contributed by atoms with Crippen molar-refractivity contribution in [2.24, 2.45) is 0 Å². The molecule has 1 heterocycles. The molecule has 1 aliphatic heterocycles. The van der Waals surface area contributed by atoms with Crippen LogP contribution in [0.2, 0.25) is 0 Å². The lowest BCUT2D eigenvalue weighted by atomic mass is 9.71. The summed E-state index contributed by atoms with van der Waals surface area (Å²) in [5.41, 5.74) is 6.86. The van der Waals surface area contributed by atoms with E-state index in [4.69, 9.17) is 14.2 Å². The van der Waals surface area contributed by atoms with E-state index in [1.165, 1.54) is 5.39 Å². The topological polar surface area (TPSA) is 65.1 Å². The van der Waals surface area contributed by atoms with Gasteiger partial charge in [-0.2, -0.15) is 0 Å². The Labute approximate surface area is 261 Å². The number of halogens is 1. The van der Waals surface area contributed by atoms with Crippen LogP contribution in [0.15, 0.2) is 75.5 Å². The molecular weight excluding hydrogens is 606 g/mol. The molecule has 0 spiro atoms. The molecule has 0 aromatic heterocycles. The summed E-state index contributed by atoms with van der Waals surface area (Å²) in [6, 6.07) is 16.5. The molecule has 0 atom stereocenters. The summed E-state index contributed by atoms with van der Waals surface area (Å²) in [6.45, 7) is 3.85. The number of benzene rings is 3. The lowest BCUT2D eigenvalue weighted by Crippen LogP contribution is -2.39. The van der Waals surface area contributed by atoms with E-state index in [-0.39, 0.29) is 11.6 Å². The molecule has 0 N–H and O–H groups in total. The lowest BCUT2D eigenvalue weighted by Gasteiger charge is -2.44. The molecule has 6 rings (SSSR count). The molecule has 7 heteroatoms. The number of Topliss-reactive ketones (excluding diaryl/α,β-unsaturated/α-hetero) is 2. The van der Waals surface area contributed by atoms with E-state index in [0.29, 0.717) is 37.6 Å². The van der Waals surface area contributed by atoms with E-state index >= 15 is 0 Å². The molecule has 224 valence electrons. The first kappa shape index (κ1) is 29.6. The van der Waals surface area contributed by atoms with Gasteiger partial charge in [-0.15, -0.1) is 0 Å². The fraction of sp³-hybridized carbons (Fsp3) is 0.389. The first-order valence-electron chi connectivity index (χ1n) is 15.2. The average Bonchev–Trinajstić information content (AvgIpc) is 3.01. The fourth-order valence-corrected chi connectivity index (χ4v) is 7.59. The summed E-state index contributed by atoms with van der Waals surface area (Å²) in [5, 5.41) is 2.33. The Morgan fingerprint density at radius 2 is 1.60 bits per heavy atom. The summed E-state index contributed by atoms with van der Waals surface area (Å²) in [5.74, 6) is 1.03. The van der Waals surface area contributed by atoms with Gasteiger partial charge in [0.15, 0.2) is 23.1 Å². The van der Waals surface area contributed by atoms with Crippen LogP contribution in [0, 0.1) is 6.92 Å². The third kappa shape index (κ3) is 5.53. The molecule has 3 aliphatic rings. The van der Waals surface area contributed by atoms with Crippen LogP contribution in [0.5, 0.6) is 11.5 Å². The Bertz CT molecular complexity index is 1610. The van der Waals surface area contributed by atoms with E-state index in [2.05, 4.69) is 52.0 Å². The van der Waals surface area contributed by atoms with Crippen LogP contribution in [-0.2, 0) is 20.9 Å². The molecule has 0 saturated carbocycles. The van der Waals surface area contributed by atoms with Crippen LogP contribution >= 0.6 is 15.9 Å². The number of hydrogen-bond acceptors (Lipinski definition) is 6. The van der Waals surface area contributed by atoms with Crippen LogP contribution in [0.4, 0.5) is 0 Å². The van der Waals surface area contributed by atoms with Crippen LogP contribution < -0.4 is 9.47 Å². The van der Waals surface area contributed by atoms with E-state index in [1.54, 1.807) is 14.2 Å². The third-order valence-electron chi connectivity index (χ3n) is 9.04. The minimum absolute atomic E-state index is 0.134. The van der Waals surface area contributed by atoms with E-state index in [0.717, 1.165) is 87.7 Å². The number of hydrogen-bond donors (Lipinski definition) is 0. The Balaban J connectivity index is 1.41. The predicted molar refractivity (Wildman–Crippen MR) is 171 cm³/mol. The van der Waals surface area contributed by atoms with Crippen molar-refractivity contribution < 1.29 is 23.8 Å². The van der Waals surface area contributed by atoms with Gasteiger partial charge in [-0.05, 0) is 89.0 Å². The number of carbonyl (C=O) groups is 2. The van der Waals surface area contributed by atoms with Gasteiger partial charge < -0.3 is 19.1 Å². The second-order valence-corrected chi connectivity index (χ2v) is 12.5. The normalized spacial score (nSPS) is 17.4. The second kappa shape index (κ2) is 12.7. The third-order valence-corrected chi connectivity index (χ3v) is 9.63. The Morgan fingerprint density at radius 1 is 0.907 bits per heavy atom. The summed E-state index contributed by atoms with van der Waals surface area (Å²) >= 11 is 3.78. The number of carbonyl (C=O) groups excluding carboxylic acids is 2. The molecule has 2 aliphatic carbocycles. The Hall–Kier alpha value is -3.42. The number of fused-ring (bicyclic) bond motifs is 1. The van der Waals surface area contributed by atoms with Gasteiger partial charge in [0.25, 0.3) is 0 Å². The van der Waals surface area contributed by atoms with E-state index in [1.807, 2.05) is 24.3 Å². The van der Waals surface area contributed by atoms with Crippen molar-refractivity contribution in [3.63, 3.8) is 0 Å². The van der Waals surface area contributed by atoms with Crippen molar-refractivity contribution in [3.05, 3.63) is 92.2 Å². The zero-order valence-electron chi connectivity index (χ0n) is 25.1. The second-order valence-electron chi connectivity index (χ2n) is 11.6. The Kier molecular flexibility index (Phi) is 8.73.